The van der Waals surface area contributed by atoms with Gasteiger partial charge in [-0.25, -0.2) is 8.42 Å². The van der Waals surface area contributed by atoms with Gasteiger partial charge in [-0.05, 0) is 60.4 Å². The molecule has 1 amide bonds. The van der Waals surface area contributed by atoms with Crippen LogP contribution >= 0.6 is 11.6 Å². The normalized spacial score (nSPS) is 12.2. The Kier molecular flexibility index (Phi) is 8.27. The summed E-state index contributed by atoms with van der Waals surface area (Å²) in [5.41, 5.74) is 1.88. The Hall–Kier alpha value is -2.87. The monoisotopic (exact) mass is 472 g/mol. The third-order valence-electron chi connectivity index (χ3n) is 4.89. The van der Waals surface area contributed by atoms with E-state index in [1.807, 2.05) is 54.6 Å². The molecule has 0 aliphatic heterocycles. The summed E-state index contributed by atoms with van der Waals surface area (Å²) in [5.74, 6) is 0.372. The van der Waals surface area contributed by atoms with Crippen LogP contribution in [0.15, 0.2) is 83.8 Å². The van der Waals surface area contributed by atoms with Gasteiger partial charge in [-0.1, -0.05) is 54.1 Å². The molecule has 0 heterocycles. The van der Waals surface area contributed by atoms with Gasteiger partial charge in [0.1, 0.15) is 11.8 Å². The van der Waals surface area contributed by atoms with Crippen LogP contribution in [-0.4, -0.2) is 34.0 Å². The number of amides is 1. The zero-order chi connectivity index (χ0) is 23.0. The number of carbonyl (C=O) groups excluding carboxylic acids is 1. The molecular formula is C24H25ClN2O4S. The van der Waals surface area contributed by atoms with E-state index in [2.05, 4.69) is 10.0 Å². The van der Waals surface area contributed by atoms with Gasteiger partial charge in [-0.3, -0.25) is 4.79 Å². The van der Waals surface area contributed by atoms with Crippen molar-refractivity contribution in [3.8, 4) is 5.75 Å². The van der Waals surface area contributed by atoms with Crippen LogP contribution in [-0.2, 0) is 27.7 Å². The number of hydrogen-bond acceptors (Lipinski definition) is 4. The van der Waals surface area contributed by atoms with Gasteiger partial charge in [-0.2, -0.15) is 4.72 Å². The van der Waals surface area contributed by atoms with Crippen molar-refractivity contribution in [3.63, 3.8) is 0 Å². The third kappa shape index (κ3) is 6.82. The summed E-state index contributed by atoms with van der Waals surface area (Å²) in [6.45, 7) is 0.374. The van der Waals surface area contributed by atoms with E-state index in [1.54, 1.807) is 7.11 Å². The summed E-state index contributed by atoms with van der Waals surface area (Å²) in [6.07, 6.45) is 0.833. The highest BCUT2D eigenvalue weighted by Crippen LogP contribution is 2.15. The van der Waals surface area contributed by atoms with Gasteiger partial charge in [0.2, 0.25) is 15.9 Å². The summed E-state index contributed by atoms with van der Waals surface area (Å²) in [5, 5.41) is 3.28. The molecule has 3 aromatic rings. The number of carbonyl (C=O) groups is 1. The number of methoxy groups -OCH3 is 1. The molecule has 32 heavy (non-hydrogen) atoms. The van der Waals surface area contributed by atoms with Crippen LogP contribution in [0.1, 0.15) is 11.1 Å². The lowest BCUT2D eigenvalue weighted by Gasteiger charge is -2.19. The van der Waals surface area contributed by atoms with Crippen molar-refractivity contribution < 1.29 is 17.9 Å². The molecule has 0 radical (unpaired) electrons. The number of ether oxygens (including phenoxy) is 1. The van der Waals surface area contributed by atoms with Crippen molar-refractivity contribution in [2.45, 2.75) is 23.8 Å². The van der Waals surface area contributed by atoms with E-state index in [9.17, 15) is 13.2 Å². The van der Waals surface area contributed by atoms with E-state index in [0.29, 0.717) is 18.0 Å². The third-order valence-corrected chi connectivity index (χ3v) is 6.63. The second kappa shape index (κ2) is 11.1. The molecule has 0 aliphatic rings. The Morgan fingerprint density at radius 2 is 1.59 bits per heavy atom. The summed E-state index contributed by atoms with van der Waals surface area (Å²) >= 11 is 5.86. The first-order chi connectivity index (χ1) is 15.4. The van der Waals surface area contributed by atoms with E-state index < -0.39 is 16.1 Å². The molecule has 0 spiro atoms. The van der Waals surface area contributed by atoms with Crippen molar-refractivity contribution in [2.24, 2.45) is 0 Å². The lowest BCUT2D eigenvalue weighted by atomic mass is 10.1. The SMILES string of the molecule is COc1ccc(CCNC(=O)[C@H](Cc2ccccc2)NS(=O)(=O)c2ccc(Cl)cc2)cc1. The van der Waals surface area contributed by atoms with Crippen LogP contribution < -0.4 is 14.8 Å². The fourth-order valence-electron chi connectivity index (χ4n) is 3.15. The minimum absolute atomic E-state index is 0.0472. The lowest BCUT2D eigenvalue weighted by Crippen LogP contribution is -2.48. The largest absolute Gasteiger partial charge is 0.497 e. The van der Waals surface area contributed by atoms with Gasteiger partial charge < -0.3 is 10.1 Å². The average molecular weight is 473 g/mol. The van der Waals surface area contributed by atoms with Crippen LogP contribution in [0.3, 0.4) is 0 Å². The number of halogens is 1. The maximum atomic E-state index is 12.9. The van der Waals surface area contributed by atoms with Gasteiger partial charge >= 0.3 is 0 Å². The van der Waals surface area contributed by atoms with Gasteiger partial charge in [0.05, 0.1) is 12.0 Å². The molecular weight excluding hydrogens is 448 g/mol. The summed E-state index contributed by atoms with van der Waals surface area (Å²) < 4.78 is 33.4. The molecule has 0 unspecified atom stereocenters. The minimum Gasteiger partial charge on any atom is -0.497 e. The van der Waals surface area contributed by atoms with Gasteiger partial charge in [0.15, 0.2) is 0 Å². The summed E-state index contributed by atoms with van der Waals surface area (Å²) in [7, 11) is -2.31. The summed E-state index contributed by atoms with van der Waals surface area (Å²) in [6, 6.07) is 21.7. The highest BCUT2D eigenvalue weighted by molar-refractivity contribution is 7.89. The Bertz CT molecular complexity index is 1120. The van der Waals surface area contributed by atoms with E-state index in [0.717, 1.165) is 16.9 Å². The number of nitrogens with one attached hydrogen (secondary N) is 2. The molecule has 0 bridgehead atoms. The molecule has 168 valence electrons. The molecule has 8 heteroatoms. The van der Waals surface area contributed by atoms with Crippen LogP contribution in [0.25, 0.3) is 0 Å². The molecule has 2 N–H and O–H groups in total. The van der Waals surface area contributed by atoms with Crippen LogP contribution in [0, 0.1) is 0 Å². The van der Waals surface area contributed by atoms with Gasteiger partial charge in [-0.15, -0.1) is 0 Å². The molecule has 0 fully saturated rings. The second-order valence-corrected chi connectivity index (χ2v) is 9.36. The molecule has 0 aromatic heterocycles. The van der Waals surface area contributed by atoms with Crippen molar-refractivity contribution >= 4 is 27.5 Å². The number of benzene rings is 3. The number of sulfonamides is 1. The molecule has 6 nitrogen and oxygen atoms in total. The Labute approximate surface area is 193 Å². The Morgan fingerprint density at radius 3 is 2.22 bits per heavy atom. The molecule has 0 saturated carbocycles. The first-order valence-electron chi connectivity index (χ1n) is 10.1. The smallest absolute Gasteiger partial charge is 0.241 e. The zero-order valence-corrected chi connectivity index (χ0v) is 19.2. The zero-order valence-electron chi connectivity index (χ0n) is 17.6. The first-order valence-corrected chi connectivity index (χ1v) is 12.0. The predicted octanol–water partition coefficient (Wildman–Crippen LogP) is 3.60. The molecule has 0 aliphatic carbocycles. The average Bonchev–Trinajstić information content (AvgIpc) is 2.80. The highest BCUT2D eigenvalue weighted by atomic mass is 35.5. The molecule has 0 saturated heterocycles. The van der Waals surface area contributed by atoms with Crippen molar-refractivity contribution in [1.29, 1.82) is 0 Å². The van der Waals surface area contributed by atoms with Gasteiger partial charge in [0, 0.05) is 11.6 Å². The molecule has 3 rings (SSSR count). The lowest BCUT2D eigenvalue weighted by molar-refractivity contribution is -0.122. The van der Waals surface area contributed by atoms with Crippen LogP contribution in [0.4, 0.5) is 0 Å². The standard InChI is InChI=1S/C24H25ClN2O4S/c1-31-21-11-7-18(8-12-21)15-16-26-24(28)23(17-19-5-3-2-4-6-19)27-32(29,30)22-13-9-20(25)10-14-22/h2-14,23,27H,15-17H2,1H3,(H,26,28)/t23-/m0/s1. The van der Waals surface area contributed by atoms with Crippen molar-refractivity contribution in [2.75, 3.05) is 13.7 Å². The Balaban J connectivity index is 1.69. The minimum atomic E-state index is -3.91. The Morgan fingerprint density at radius 1 is 0.938 bits per heavy atom. The fraction of sp³-hybridized carbons (Fsp3) is 0.208. The topological polar surface area (TPSA) is 84.5 Å². The fourth-order valence-corrected chi connectivity index (χ4v) is 4.47. The maximum absolute atomic E-state index is 12.9. The summed E-state index contributed by atoms with van der Waals surface area (Å²) in [4.78, 5) is 13.0. The van der Waals surface area contributed by atoms with Crippen LogP contribution in [0.5, 0.6) is 5.75 Å². The van der Waals surface area contributed by atoms with E-state index in [4.69, 9.17) is 16.3 Å². The van der Waals surface area contributed by atoms with E-state index in [-0.39, 0.29) is 17.2 Å². The number of hydrogen-bond donors (Lipinski definition) is 2. The van der Waals surface area contributed by atoms with Gasteiger partial charge in [0.25, 0.3) is 0 Å². The second-order valence-electron chi connectivity index (χ2n) is 7.21. The maximum Gasteiger partial charge on any atom is 0.241 e. The van der Waals surface area contributed by atoms with Crippen molar-refractivity contribution in [3.05, 3.63) is 95.0 Å². The number of rotatable bonds is 10. The predicted molar refractivity (Wildman–Crippen MR) is 125 cm³/mol. The van der Waals surface area contributed by atoms with Crippen molar-refractivity contribution in [1.82, 2.24) is 10.0 Å². The highest BCUT2D eigenvalue weighted by Gasteiger charge is 2.26. The molecule has 3 aromatic carbocycles. The molecule has 1 atom stereocenters. The van der Waals surface area contributed by atoms with Crippen LogP contribution in [0.2, 0.25) is 5.02 Å². The quantitative estimate of drug-likeness (QED) is 0.472. The van der Waals surface area contributed by atoms with E-state index >= 15 is 0 Å². The first kappa shape index (κ1) is 23.8. The van der Waals surface area contributed by atoms with E-state index in [1.165, 1.54) is 24.3 Å².